The Balaban J connectivity index is 2.81. The Kier molecular flexibility index (Phi) is 1.85. The van der Waals surface area contributed by atoms with Gasteiger partial charge in [0.15, 0.2) is 5.69 Å². The Hall–Kier alpha value is -2.04. The number of hydrogen-bond donors (Lipinski definition) is 1. The van der Waals surface area contributed by atoms with Crippen molar-refractivity contribution in [2.75, 3.05) is 7.11 Å². The highest BCUT2D eigenvalue weighted by atomic mass is 16.5. The highest BCUT2D eigenvalue weighted by Gasteiger charge is 2.15. The van der Waals surface area contributed by atoms with E-state index in [0.717, 1.165) is 0 Å². The summed E-state index contributed by atoms with van der Waals surface area (Å²) < 4.78 is 6.67. The average Bonchev–Trinajstić information content (AvgIpc) is 2.60. The number of ether oxygens (including phenoxy) is 1. The summed E-state index contributed by atoms with van der Waals surface area (Å²) in [6.45, 7) is 0. The van der Waals surface area contributed by atoms with Crippen LogP contribution in [0.1, 0.15) is 10.5 Å². The highest BCUT2D eigenvalue weighted by Crippen LogP contribution is 2.21. The Morgan fingerprint density at radius 1 is 1.64 bits per heavy atom. The number of aromatic nitrogens is 2. The fourth-order valence-corrected chi connectivity index (χ4v) is 1.34. The molecule has 5 nitrogen and oxygen atoms in total. The topological polar surface area (TPSA) is 63.8 Å². The molecule has 0 fully saturated rings. The molecule has 0 aromatic carbocycles. The van der Waals surface area contributed by atoms with Gasteiger partial charge < -0.3 is 14.2 Å². The maximum Gasteiger partial charge on any atom is 0.356 e. The summed E-state index contributed by atoms with van der Waals surface area (Å²) in [4.78, 5) is 14.6. The molecule has 72 valence electrons. The standard InChI is InChI=1S/C9H8N2O3/c1-14-6-3-2-4-11-5-10-7(8(6)11)9(12)13/h2-5H,1H3,(H,12,13). The van der Waals surface area contributed by atoms with Crippen molar-refractivity contribution >= 4 is 11.5 Å². The maximum absolute atomic E-state index is 10.8. The van der Waals surface area contributed by atoms with Crippen LogP contribution in [0.2, 0.25) is 0 Å². The smallest absolute Gasteiger partial charge is 0.356 e. The molecule has 5 heteroatoms. The Morgan fingerprint density at radius 3 is 3.07 bits per heavy atom. The lowest BCUT2D eigenvalue weighted by molar-refractivity contribution is 0.0693. The first-order chi connectivity index (χ1) is 6.74. The van der Waals surface area contributed by atoms with E-state index >= 15 is 0 Å². The van der Waals surface area contributed by atoms with Crippen LogP contribution in [-0.2, 0) is 0 Å². The normalized spacial score (nSPS) is 10.4. The van der Waals surface area contributed by atoms with E-state index in [4.69, 9.17) is 9.84 Å². The Labute approximate surface area is 79.6 Å². The molecule has 2 rings (SSSR count). The summed E-state index contributed by atoms with van der Waals surface area (Å²) in [6, 6.07) is 3.46. The van der Waals surface area contributed by atoms with Crippen LogP contribution in [0.4, 0.5) is 0 Å². The van der Waals surface area contributed by atoms with Gasteiger partial charge in [-0.05, 0) is 12.1 Å². The van der Waals surface area contributed by atoms with E-state index in [1.54, 1.807) is 22.7 Å². The quantitative estimate of drug-likeness (QED) is 0.772. The number of imidazole rings is 1. The molecule has 0 aliphatic rings. The van der Waals surface area contributed by atoms with Gasteiger partial charge in [-0.2, -0.15) is 0 Å². The second kappa shape index (κ2) is 3.02. The first kappa shape index (κ1) is 8.55. The number of nitrogens with zero attached hydrogens (tertiary/aromatic N) is 2. The SMILES string of the molecule is COc1cccn2cnc(C(=O)O)c12. The van der Waals surface area contributed by atoms with Gasteiger partial charge in [0.2, 0.25) is 0 Å². The number of methoxy groups -OCH3 is 1. The molecule has 0 aliphatic heterocycles. The second-order valence-electron chi connectivity index (χ2n) is 2.73. The van der Waals surface area contributed by atoms with Crippen molar-refractivity contribution in [3.63, 3.8) is 0 Å². The molecule has 2 heterocycles. The third-order valence-electron chi connectivity index (χ3n) is 1.94. The van der Waals surface area contributed by atoms with Crippen molar-refractivity contribution < 1.29 is 14.6 Å². The number of hydrogen-bond acceptors (Lipinski definition) is 3. The Bertz CT molecular complexity index is 490. The van der Waals surface area contributed by atoms with Crippen LogP contribution in [0.5, 0.6) is 5.75 Å². The van der Waals surface area contributed by atoms with Gasteiger partial charge in [0.1, 0.15) is 17.6 Å². The minimum Gasteiger partial charge on any atom is -0.494 e. The minimum absolute atomic E-state index is 0.00227. The summed E-state index contributed by atoms with van der Waals surface area (Å²) in [6.07, 6.45) is 3.17. The lowest BCUT2D eigenvalue weighted by Crippen LogP contribution is -1.99. The van der Waals surface area contributed by atoms with Crippen LogP contribution in [0.3, 0.4) is 0 Å². The number of rotatable bonds is 2. The number of aromatic carboxylic acids is 1. The van der Waals surface area contributed by atoms with Crippen LogP contribution >= 0.6 is 0 Å². The molecule has 2 aromatic rings. The van der Waals surface area contributed by atoms with Gasteiger partial charge >= 0.3 is 5.97 Å². The summed E-state index contributed by atoms with van der Waals surface area (Å²) >= 11 is 0. The van der Waals surface area contributed by atoms with E-state index < -0.39 is 5.97 Å². The van der Waals surface area contributed by atoms with Crippen LogP contribution in [0.25, 0.3) is 5.52 Å². The minimum atomic E-state index is -1.06. The molecular formula is C9H8N2O3. The van der Waals surface area contributed by atoms with E-state index in [1.807, 2.05) is 0 Å². The summed E-state index contributed by atoms with van der Waals surface area (Å²) in [7, 11) is 1.49. The van der Waals surface area contributed by atoms with Gasteiger partial charge in [0.25, 0.3) is 0 Å². The maximum atomic E-state index is 10.8. The fourth-order valence-electron chi connectivity index (χ4n) is 1.34. The molecule has 0 amide bonds. The summed E-state index contributed by atoms with van der Waals surface area (Å²) in [5, 5.41) is 8.86. The van der Waals surface area contributed by atoms with Crippen LogP contribution < -0.4 is 4.74 Å². The van der Waals surface area contributed by atoms with Crippen molar-refractivity contribution in [3.05, 3.63) is 30.4 Å². The number of carboxylic acids is 1. The van der Waals surface area contributed by atoms with E-state index in [2.05, 4.69) is 4.98 Å². The van der Waals surface area contributed by atoms with Gasteiger partial charge in [0.05, 0.1) is 7.11 Å². The number of carboxylic acid groups (broad SMARTS) is 1. The lowest BCUT2D eigenvalue weighted by atomic mass is 10.3. The number of fused-ring (bicyclic) bond motifs is 1. The van der Waals surface area contributed by atoms with Crippen LogP contribution in [0, 0.1) is 0 Å². The first-order valence-electron chi connectivity index (χ1n) is 3.97. The second-order valence-corrected chi connectivity index (χ2v) is 2.73. The molecule has 0 saturated heterocycles. The van der Waals surface area contributed by atoms with Crippen molar-refractivity contribution in [3.8, 4) is 5.75 Å². The molecule has 0 bridgehead atoms. The fraction of sp³-hybridized carbons (Fsp3) is 0.111. The Morgan fingerprint density at radius 2 is 2.43 bits per heavy atom. The van der Waals surface area contributed by atoms with Crippen molar-refractivity contribution in [2.24, 2.45) is 0 Å². The van der Waals surface area contributed by atoms with E-state index in [-0.39, 0.29) is 5.69 Å². The molecule has 0 aliphatic carbocycles. The zero-order valence-corrected chi connectivity index (χ0v) is 7.47. The molecule has 1 N–H and O–H groups in total. The number of pyridine rings is 1. The molecule has 14 heavy (non-hydrogen) atoms. The van der Waals surface area contributed by atoms with Crippen molar-refractivity contribution in [2.45, 2.75) is 0 Å². The molecule has 0 unspecified atom stereocenters. The average molecular weight is 192 g/mol. The van der Waals surface area contributed by atoms with Crippen LogP contribution in [-0.4, -0.2) is 27.6 Å². The van der Waals surface area contributed by atoms with Gasteiger partial charge in [0, 0.05) is 6.20 Å². The predicted octanol–water partition coefficient (Wildman–Crippen LogP) is 1.04. The predicted molar refractivity (Wildman–Crippen MR) is 48.7 cm³/mol. The van der Waals surface area contributed by atoms with E-state index in [1.165, 1.54) is 13.4 Å². The van der Waals surface area contributed by atoms with E-state index in [0.29, 0.717) is 11.3 Å². The molecule has 0 spiro atoms. The summed E-state index contributed by atoms with van der Waals surface area (Å²) in [5.74, 6) is -0.556. The lowest BCUT2D eigenvalue weighted by Gasteiger charge is -2.02. The van der Waals surface area contributed by atoms with Gasteiger partial charge in [-0.3, -0.25) is 0 Å². The molecular weight excluding hydrogens is 184 g/mol. The van der Waals surface area contributed by atoms with Crippen LogP contribution in [0.15, 0.2) is 24.7 Å². The molecule has 2 aromatic heterocycles. The monoisotopic (exact) mass is 192 g/mol. The molecule has 0 atom stereocenters. The highest BCUT2D eigenvalue weighted by molar-refractivity contribution is 5.95. The third kappa shape index (κ3) is 1.10. The zero-order chi connectivity index (χ0) is 10.1. The molecule has 0 saturated carbocycles. The van der Waals surface area contributed by atoms with Gasteiger partial charge in [-0.25, -0.2) is 9.78 Å². The van der Waals surface area contributed by atoms with Crippen molar-refractivity contribution in [1.82, 2.24) is 9.38 Å². The number of carbonyl (C=O) groups is 1. The van der Waals surface area contributed by atoms with Crippen molar-refractivity contribution in [1.29, 1.82) is 0 Å². The zero-order valence-electron chi connectivity index (χ0n) is 7.47. The van der Waals surface area contributed by atoms with Gasteiger partial charge in [-0.1, -0.05) is 0 Å². The van der Waals surface area contributed by atoms with Gasteiger partial charge in [-0.15, -0.1) is 0 Å². The third-order valence-corrected chi connectivity index (χ3v) is 1.94. The molecule has 0 radical (unpaired) electrons. The summed E-state index contributed by atoms with van der Waals surface area (Å²) in [5.41, 5.74) is 0.477. The first-order valence-corrected chi connectivity index (χ1v) is 3.97. The van der Waals surface area contributed by atoms with E-state index in [9.17, 15) is 4.79 Å². The largest absolute Gasteiger partial charge is 0.494 e.